The second-order valence-corrected chi connectivity index (χ2v) is 3.68. The van der Waals surface area contributed by atoms with Gasteiger partial charge in [-0.05, 0) is 19.3 Å². The van der Waals surface area contributed by atoms with Crippen LogP contribution in [0.1, 0.15) is 60.1 Å². The van der Waals surface area contributed by atoms with Gasteiger partial charge in [0.15, 0.2) is 0 Å². The van der Waals surface area contributed by atoms with E-state index in [1.807, 2.05) is 4.90 Å². The normalized spacial score (nSPS) is 7.35. The molecule has 0 aliphatic rings. The van der Waals surface area contributed by atoms with Gasteiger partial charge in [0, 0.05) is 44.0 Å². The lowest BCUT2D eigenvalue weighted by molar-refractivity contribution is 0.261. The summed E-state index contributed by atoms with van der Waals surface area (Å²) in [5.41, 5.74) is 0. The quantitative estimate of drug-likeness (QED) is 0.343. The number of nitrogens with one attached hydrogen (secondary N) is 1. The van der Waals surface area contributed by atoms with E-state index in [9.17, 15) is 0 Å². The van der Waals surface area contributed by atoms with Crippen LogP contribution in [0.25, 0.3) is 0 Å². The number of rotatable bonds is 10. The summed E-state index contributed by atoms with van der Waals surface area (Å²) in [6, 6.07) is 5.03. The Labute approximate surface area is 144 Å². The lowest BCUT2D eigenvalue weighted by atomic mass is 10.2. The van der Waals surface area contributed by atoms with E-state index in [0.717, 1.165) is 38.9 Å². The third-order valence-electron chi connectivity index (χ3n) is 2.35. The van der Waals surface area contributed by atoms with Gasteiger partial charge in [-0.15, -0.1) is 17.0 Å². The standard InChI is InChI=1S/C13H22N2O.3CH4.BrH.4H2/c1-3-14-10-7-5-6-8-11-15(4-2)12-9-13-16;;;;;;;;/h1-2,14,16H,5-13H2;3*1H4;5*1H. The van der Waals surface area contributed by atoms with Gasteiger partial charge in [0.1, 0.15) is 0 Å². The molecular formula is C16H43BrN2O. The average molecular weight is 359 g/mol. The molecule has 0 aliphatic heterocycles. The molecule has 0 saturated heterocycles. The van der Waals surface area contributed by atoms with Crippen molar-refractivity contribution in [2.24, 2.45) is 0 Å². The van der Waals surface area contributed by atoms with Crippen molar-refractivity contribution >= 4 is 17.0 Å². The van der Waals surface area contributed by atoms with Crippen LogP contribution in [-0.4, -0.2) is 36.2 Å². The topological polar surface area (TPSA) is 35.5 Å². The molecule has 0 fully saturated rings. The van der Waals surface area contributed by atoms with Gasteiger partial charge in [0.05, 0.1) is 0 Å². The van der Waals surface area contributed by atoms with E-state index in [1.54, 1.807) is 0 Å². The van der Waals surface area contributed by atoms with E-state index >= 15 is 0 Å². The molecule has 0 aromatic rings. The Hall–Kier alpha value is -0.840. The zero-order valence-electron chi connectivity index (χ0n) is 10.3. The van der Waals surface area contributed by atoms with Crippen LogP contribution in [0.15, 0.2) is 0 Å². The van der Waals surface area contributed by atoms with Gasteiger partial charge in [-0.25, -0.2) is 0 Å². The van der Waals surface area contributed by atoms with Gasteiger partial charge in [0.25, 0.3) is 0 Å². The maximum absolute atomic E-state index is 8.68. The molecule has 3 nitrogen and oxygen atoms in total. The van der Waals surface area contributed by atoms with Crippen LogP contribution in [0.5, 0.6) is 0 Å². The second-order valence-electron chi connectivity index (χ2n) is 3.68. The third kappa shape index (κ3) is 22.3. The van der Waals surface area contributed by atoms with Crippen molar-refractivity contribution in [3.63, 3.8) is 0 Å². The van der Waals surface area contributed by atoms with Crippen molar-refractivity contribution in [1.82, 2.24) is 10.2 Å². The van der Waals surface area contributed by atoms with Gasteiger partial charge in [-0.2, -0.15) is 0 Å². The molecule has 20 heavy (non-hydrogen) atoms. The summed E-state index contributed by atoms with van der Waals surface area (Å²) in [6.07, 6.45) is 15.7. The largest absolute Gasteiger partial charge is 0.396 e. The Balaban J connectivity index is -0.0000000402. The highest BCUT2D eigenvalue weighted by Gasteiger charge is 1.98. The minimum Gasteiger partial charge on any atom is -0.396 e. The molecular weight excluding hydrogens is 316 g/mol. The molecule has 0 unspecified atom stereocenters. The number of aliphatic hydroxyl groups is 1. The summed E-state index contributed by atoms with van der Waals surface area (Å²) in [6.45, 7) is 2.79. The van der Waals surface area contributed by atoms with Crippen LogP contribution in [0.2, 0.25) is 0 Å². The van der Waals surface area contributed by atoms with Crippen molar-refractivity contribution < 1.29 is 10.8 Å². The molecule has 0 bridgehead atoms. The fraction of sp³-hybridized carbons (Fsp3) is 0.750. The number of unbranched alkanes of at least 4 members (excludes halogenated alkanes) is 3. The smallest absolute Gasteiger partial charge is 0.0448 e. The summed E-state index contributed by atoms with van der Waals surface area (Å²) >= 11 is 0. The third-order valence-corrected chi connectivity index (χ3v) is 2.35. The van der Waals surface area contributed by atoms with Crippen LogP contribution in [-0.2, 0) is 0 Å². The van der Waals surface area contributed by atoms with Crippen LogP contribution >= 0.6 is 17.0 Å². The number of halogens is 1. The first-order valence-corrected chi connectivity index (χ1v) is 5.85. The van der Waals surface area contributed by atoms with Crippen molar-refractivity contribution in [3.8, 4) is 24.9 Å². The highest BCUT2D eigenvalue weighted by atomic mass is 79.9. The molecule has 0 atom stereocenters. The highest BCUT2D eigenvalue weighted by Crippen LogP contribution is 2.01. The summed E-state index contributed by atoms with van der Waals surface area (Å²) in [4.78, 5) is 1.93. The van der Waals surface area contributed by atoms with E-state index < -0.39 is 0 Å². The first-order valence-electron chi connectivity index (χ1n) is 5.85. The number of hydrogen-bond donors (Lipinski definition) is 2. The SMILES string of the molecule is Br.C.C.C.C#CNCCCCCCN(C#C)CCCO.[HH].[HH].[HH].[HH]. The molecule has 0 amide bonds. The van der Waals surface area contributed by atoms with Crippen molar-refractivity contribution in [2.45, 2.75) is 54.4 Å². The Kier molecular flexibility index (Phi) is 42.0. The molecule has 0 radical (unpaired) electrons. The molecule has 0 aliphatic carbocycles. The molecule has 0 spiro atoms. The molecule has 2 N–H and O–H groups in total. The van der Waals surface area contributed by atoms with Crippen molar-refractivity contribution in [3.05, 3.63) is 0 Å². The Morgan fingerprint density at radius 3 is 2.00 bits per heavy atom. The number of nitrogens with zero attached hydrogens (tertiary/aromatic N) is 1. The van der Waals surface area contributed by atoms with Gasteiger partial charge in [-0.3, -0.25) is 0 Å². The molecule has 0 aromatic heterocycles. The van der Waals surface area contributed by atoms with Crippen molar-refractivity contribution in [1.29, 1.82) is 0 Å². The van der Waals surface area contributed by atoms with Crippen molar-refractivity contribution in [2.75, 3.05) is 26.2 Å². The van der Waals surface area contributed by atoms with E-state index in [1.165, 1.54) is 12.8 Å². The Morgan fingerprint density at radius 1 is 0.950 bits per heavy atom. The minimum atomic E-state index is 0. The fourth-order valence-electron chi connectivity index (χ4n) is 1.44. The van der Waals surface area contributed by atoms with E-state index in [-0.39, 0.29) is 51.6 Å². The lowest BCUT2D eigenvalue weighted by Crippen LogP contribution is -2.21. The fourth-order valence-corrected chi connectivity index (χ4v) is 1.44. The maximum Gasteiger partial charge on any atom is 0.0448 e. The predicted molar refractivity (Wildman–Crippen MR) is 106 cm³/mol. The molecule has 130 valence electrons. The average Bonchev–Trinajstić information content (AvgIpc) is 2.32. The minimum absolute atomic E-state index is 0. The van der Waals surface area contributed by atoms with Crippen LogP contribution in [0.4, 0.5) is 0 Å². The van der Waals surface area contributed by atoms with Gasteiger partial charge < -0.3 is 15.3 Å². The Morgan fingerprint density at radius 2 is 1.50 bits per heavy atom. The summed E-state index contributed by atoms with van der Waals surface area (Å²) < 4.78 is 0. The molecule has 0 rings (SSSR count). The zero-order valence-corrected chi connectivity index (χ0v) is 12.0. The summed E-state index contributed by atoms with van der Waals surface area (Å²) in [5.74, 6) is 0. The maximum atomic E-state index is 8.68. The second kappa shape index (κ2) is 26.7. The molecule has 0 saturated carbocycles. The first kappa shape index (κ1) is 31.5. The molecule has 0 heterocycles. The number of hydrogen-bond acceptors (Lipinski definition) is 3. The van der Waals surface area contributed by atoms with E-state index in [4.69, 9.17) is 18.0 Å². The number of terminal acetylenes is 2. The summed E-state index contributed by atoms with van der Waals surface area (Å²) in [7, 11) is 0. The first-order chi connectivity index (χ1) is 7.85. The van der Waals surface area contributed by atoms with Gasteiger partial charge >= 0.3 is 0 Å². The highest BCUT2D eigenvalue weighted by molar-refractivity contribution is 8.93. The van der Waals surface area contributed by atoms with Gasteiger partial charge in [0.2, 0.25) is 0 Å². The number of aliphatic hydroxyl groups excluding tert-OH is 1. The Bertz CT molecular complexity index is 249. The van der Waals surface area contributed by atoms with E-state index in [0.29, 0.717) is 0 Å². The van der Waals surface area contributed by atoms with Crippen LogP contribution in [0.3, 0.4) is 0 Å². The van der Waals surface area contributed by atoms with Crippen LogP contribution < -0.4 is 5.32 Å². The zero-order chi connectivity index (χ0) is 12.1. The predicted octanol–water partition coefficient (Wildman–Crippen LogP) is 4.47. The lowest BCUT2D eigenvalue weighted by Gasteiger charge is -2.16. The molecule has 4 heteroatoms. The van der Waals surface area contributed by atoms with E-state index in [2.05, 4.69) is 17.4 Å². The monoisotopic (exact) mass is 358 g/mol. The van der Waals surface area contributed by atoms with Gasteiger partial charge in [-0.1, -0.05) is 48.0 Å². The summed E-state index contributed by atoms with van der Waals surface area (Å²) in [5, 5.41) is 11.5. The molecule has 0 aromatic carbocycles. The van der Waals surface area contributed by atoms with Crippen LogP contribution in [0, 0.1) is 24.9 Å².